The summed E-state index contributed by atoms with van der Waals surface area (Å²) in [7, 11) is 1.63. The first kappa shape index (κ1) is 24.8. The second-order valence-electron chi connectivity index (χ2n) is 8.90. The van der Waals surface area contributed by atoms with Crippen molar-refractivity contribution in [3.63, 3.8) is 0 Å². The van der Waals surface area contributed by atoms with Crippen LogP contribution in [0.1, 0.15) is 28.6 Å². The van der Waals surface area contributed by atoms with E-state index in [2.05, 4.69) is 20.4 Å². The van der Waals surface area contributed by atoms with Crippen LogP contribution in [-0.4, -0.2) is 58.4 Å². The summed E-state index contributed by atoms with van der Waals surface area (Å²) in [6.45, 7) is 2.85. The number of ether oxygens (including phenoxy) is 1. The number of nitrogens with zero attached hydrogens (tertiary/aromatic N) is 6. The fourth-order valence-electron chi connectivity index (χ4n) is 4.79. The average Bonchev–Trinajstić information content (AvgIpc) is 3.37. The number of alkyl halides is 3. The second kappa shape index (κ2) is 10.6. The van der Waals surface area contributed by atoms with Gasteiger partial charge in [0.15, 0.2) is 5.82 Å². The monoisotopic (exact) mass is 508 g/mol. The van der Waals surface area contributed by atoms with Crippen molar-refractivity contribution in [2.45, 2.75) is 18.8 Å². The standard InChI is InChI=1S/C27H27F3N6O/c1-37-24-13-6-5-12-23(24)25(26-31-32-33-36(26)19-20-8-3-2-4-9-20)35-16-14-34(15-17-35)22-11-7-10-21(18-22)27(28,29)30/h2-13,18,25H,14-17,19H2,1H3/t25-/m0/s1. The Morgan fingerprint density at radius 1 is 0.892 bits per heavy atom. The SMILES string of the molecule is COc1ccccc1[C@@H](c1nnnn1Cc1ccccc1)N1CCN(c2cccc(C(F)(F)F)c2)CC1. The molecule has 0 amide bonds. The molecule has 7 nitrogen and oxygen atoms in total. The first-order chi connectivity index (χ1) is 17.9. The fraction of sp³-hybridized carbons (Fsp3) is 0.296. The maximum Gasteiger partial charge on any atom is 0.416 e. The first-order valence-corrected chi connectivity index (χ1v) is 12.0. The molecule has 3 aromatic carbocycles. The Bertz CT molecular complexity index is 1320. The summed E-state index contributed by atoms with van der Waals surface area (Å²) >= 11 is 0. The molecule has 0 unspecified atom stereocenters. The quantitative estimate of drug-likeness (QED) is 0.362. The van der Waals surface area contributed by atoms with Crippen LogP contribution in [0.4, 0.5) is 18.9 Å². The lowest BCUT2D eigenvalue weighted by Crippen LogP contribution is -2.48. The molecule has 2 heterocycles. The molecular weight excluding hydrogens is 481 g/mol. The van der Waals surface area contributed by atoms with Crippen molar-refractivity contribution in [1.29, 1.82) is 0 Å². The lowest BCUT2D eigenvalue weighted by atomic mass is 10.0. The predicted octanol–water partition coefficient (Wildman–Crippen LogP) is 4.66. The average molecular weight is 509 g/mol. The molecule has 1 aliphatic heterocycles. The highest BCUT2D eigenvalue weighted by atomic mass is 19.4. The van der Waals surface area contributed by atoms with Gasteiger partial charge in [-0.3, -0.25) is 4.90 Å². The Kier molecular flexibility index (Phi) is 7.09. The van der Waals surface area contributed by atoms with Crippen LogP contribution >= 0.6 is 0 Å². The van der Waals surface area contributed by atoms with Gasteiger partial charge in [0.1, 0.15) is 11.8 Å². The van der Waals surface area contributed by atoms with Crippen LogP contribution in [0.2, 0.25) is 0 Å². The molecule has 0 radical (unpaired) electrons. The van der Waals surface area contributed by atoms with E-state index >= 15 is 0 Å². The second-order valence-corrected chi connectivity index (χ2v) is 8.90. The summed E-state index contributed by atoms with van der Waals surface area (Å²) in [5.41, 5.74) is 1.93. The summed E-state index contributed by atoms with van der Waals surface area (Å²) in [4.78, 5) is 4.24. The Balaban J connectivity index is 1.43. The normalized spacial score (nSPS) is 15.5. The van der Waals surface area contributed by atoms with Gasteiger partial charge >= 0.3 is 6.18 Å². The van der Waals surface area contributed by atoms with Crippen molar-refractivity contribution in [3.05, 3.63) is 101 Å². The van der Waals surface area contributed by atoms with Crippen LogP contribution in [0.15, 0.2) is 78.9 Å². The highest BCUT2D eigenvalue weighted by Gasteiger charge is 2.34. The van der Waals surface area contributed by atoms with E-state index in [1.807, 2.05) is 59.5 Å². The first-order valence-electron chi connectivity index (χ1n) is 12.0. The van der Waals surface area contributed by atoms with E-state index in [1.165, 1.54) is 12.1 Å². The Labute approximate surface area is 213 Å². The number of tetrazole rings is 1. The summed E-state index contributed by atoms with van der Waals surface area (Å²) in [5, 5.41) is 12.7. The van der Waals surface area contributed by atoms with E-state index in [4.69, 9.17) is 4.74 Å². The number of hydrogen-bond acceptors (Lipinski definition) is 6. The third kappa shape index (κ3) is 5.43. The Morgan fingerprint density at radius 2 is 1.62 bits per heavy atom. The number of hydrogen-bond donors (Lipinski definition) is 0. The van der Waals surface area contributed by atoms with Gasteiger partial charge in [0.05, 0.1) is 19.2 Å². The number of benzene rings is 3. The maximum absolute atomic E-state index is 13.3. The highest BCUT2D eigenvalue weighted by molar-refractivity contribution is 5.50. The zero-order valence-corrected chi connectivity index (χ0v) is 20.3. The Morgan fingerprint density at radius 3 is 2.35 bits per heavy atom. The predicted molar refractivity (Wildman–Crippen MR) is 133 cm³/mol. The van der Waals surface area contributed by atoms with Crippen LogP contribution in [-0.2, 0) is 12.7 Å². The molecule has 4 aromatic rings. The lowest BCUT2D eigenvalue weighted by Gasteiger charge is -2.40. The molecule has 1 aromatic heterocycles. The van der Waals surface area contributed by atoms with E-state index < -0.39 is 11.7 Å². The topological polar surface area (TPSA) is 59.3 Å². The van der Waals surface area contributed by atoms with Crippen molar-refractivity contribution in [3.8, 4) is 5.75 Å². The number of piperazine rings is 1. The minimum atomic E-state index is -4.37. The van der Waals surface area contributed by atoms with Crippen LogP contribution in [0.3, 0.4) is 0 Å². The highest BCUT2D eigenvalue weighted by Crippen LogP contribution is 2.36. The summed E-state index contributed by atoms with van der Waals surface area (Å²) in [6.07, 6.45) is -4.37. The molecule has 1 aliphatic rings. The largest absolute Gasteiger partial charge is 0.496 e. The van der Waals surface area contributed by atoms with Crippen LogP contribution in [0, 0.1) is 0 Å². The maximum atomic E-state index is 13.3. The van der Waals surface area contributed by atoms with Crippen LogP contribution in [0.5, 0.6) is 5.75 Å². The van der Waals surface area contributed by atoms with Crippen LogP contribution in [0.25, 0.3) is 0 Å². The van der Waals surface area contributed by atoms with Gasteiger partial charge < -0.3 is 9.64 Å². The smallest absolute Gasteiger partial charge is 0.416 e. The van der Waals surface area contributed by atoms with Crippen molar-refractivity contribution < 1.29 is 17.9 Å². The van der Waals surface area contributed by atoms with E-state index in [-0.39, 0.29) is 6.04 Å². The van der Waals surface area contributed by atoms with E-state index in [0.717, 1.165) is 22.9 Å². The van der Waals surface area contributed by atoms with Gasteiger partial charge in [-0.2, -0.15) is 13.2 Å². The number of rotatable bonds is 7. The van der Waals surface area contributed by atoms with Gasteiger partial charge in [0.25, 0.3) is 0 Å². The molecular formula is C27H27F3N6O. The number of para-hydroxylation sites is 1. The third-order valence-electron chi connectivity index (χ3n) is 6.63. The molecule has 192 valence electrons. The summed E-state index contributed by atoms with van der Waals surface area (Å²) < 4.78 is 47.2. The molecule has 5 rings (SSSR count). The molecule has 0 N–H and O–H groups in total. The van der Waals surface area contributed by atoms with Gasteiger partial charge in [-0.05, 0) is 40.3 Å². The Hall–Kier alpha value is -3.92. The van der Waals surface area contributed by atoms with Gasteiger partial charge in [-0.25, -0.2) is 4.68 Å². The number of aromatic nitrogens is 4. The molecule has 0 spiro atoms. The summed E-state index contributed by atoms with van der Waals surface area (Å²) in [5.74, 6) is 1.41. The van der Waals surface area contributed by atoms with Gasteiger partial charge in [-0.15, -0.1) is 5.10 Å². The van der Waals surface area contributed by atoms with Crippen molar-refractivity contribution in [2.24, 2.45) is 0 Å². The van der Waals surface area contributed by atoms with Crippen LogP contribution < -0.4 is 9.64 Å². The van der Waals surface area contributed by atoms with Crippen molar-refractivity contribution >= 4 is 5.69 Å². The van der Waals surface area contributed by atoms with Gasteiger partial charge in [0.2, 0.25) is 0 Å². The lowest BCUT2D eigenvalue weighted by molar-refractivity contribution is -0.137. The molecule has 0 bridgehead atoms. The van der Waals surface area contributed by atoms with Gasteiger partial charge in [-0.1, -0.05) is 54.6 Å². The molecule has 0 saturated carbocycles. The minimum Gasteiger partial charge on any atom is -0.496 e. The van der Waals surface area contributed by atoms with Crippen molar-refractivity contribution in [2.75, 3.05) is 38.2 Å². The zero-order chi connectivity index (χ0) is 25.8. The molecule has 1 saturated heterocycles. The molecule has 37 heavy (non-hydrogen) atoms. The summed E-state index contributed by atoms with van der Waals surface area (Å²) in [6, 6.07) is 23.0. The van der Waals surface area contributed by atoms with E-state index in [1.54, 1.807) is 17.9 Å². The molecule has 0 aliphatic carbocycles. The third-order valence-corrected chi connectivity index (χ3v) is 6.63. The van der Waals surface area contributed by atoms with E-state index in [0.29, 0.717) is 44.2 Å². The number of anilines is 1. The molecule has 10 heteroatoms. The minimum absolute atomic E-state index is 0.293. The van der Waals surface area contributed by atoms with Gasteiger partial charge in [0, 0.05) is 37.4 Å². The zero-order valence-electron chi connectivity index (χ0n) is 20.3. The molecule has 1 atom stereocenters. The number of methoxy groups -OCH3 is 1. The van der Waals surface area contributed by atoms with E-state index in [9.17, 15) is 13.2 Å². The fourth-order valence-corrected chi connectivity index (χ4v) is 4.79. The molecule has 1 fully saturated rings. The van der Waals surface area contributed by atoms with Crippen molar-refractivity contribution in [1.82, 2.24) is 25.1 Å². The number of halogens is 3.